The molecule has 18 heavy (non-hydrogen) atoms. The van der Waals surface area contributed by atoms with Gasteiger partial charge < -0.3 is 14.6 Å². The lowest BCUT2D eigenvalue weighted by atomic mass is 9.69. The van der Waals surface area contributed by atoms with E-state index in [-0.39, 0.29) is 17.1 Å². The molecule has 4 heteroatoms. The summed E-state index contributed by atoms with van der Waals surface area (Å²) in [6.45, 7) is 3.04. The molecule has 2 fully saturated rings. The zero-order valence-corrected chi connectivity index (χ0v) is 10.3. The number of hydrogen-bond acceptors (Lipinski definition) is 4. The number of rotatable bonds is 0. The average molecular weight is 248 g/mol. The van der Waals surface area contributed by atoms with Crippen molar-refractivity contribution >= 4 is 5.78 Å². The highest BCUT2D eigenvalue weighted by Crippen LogP contribution is 2.67. The molecule has 0 unspecified atom stereocenters. The van der Waals surface area contributed by atoms with Gasteiger partial charge in [0.2, 0.25) is 5.79 Å². The fourth-order valence-electron chi connectivity index (χ4n) is 4.00. The molecule has 0 aromatic rings. The second-order valence-electron chi connectivity index (χ2n) is 5.68. The van der Waals surface area contributed by atoms with Gasteiger partial charge in [-0.05, 0) is 25.8 Å². The molecule has 0 amide bonds. The van der Waals surface area contributed by atoms with Crippen LogP contribution in [-0.2, 0) is 14.3 Å². The molecule has 2 spiro atoms. The van der Waals surface area contributed by atoms with E-state index >= 15 is 0 Å². The smallest absolute Gasteiger partial charge is 0.205 e. The summed E-state index contributed by atoms with van der Waals surface area (Å²) in [6, 6.07) is 0. The Kier molecular flexibility index (Phi) is 1.89. The predicted molar refractivity (Wildman–Crippen MR) is 62.6 cm³/mol. The third-order valence-corrected chi connectivity index (χ3v) is 5.04. The first-order valence-electron chi connectivity index (χ1n) is 6.52. The SMILES string of the molecule is CC1=C2C(=O)C=C[C@H]2[C@@H](O)C2(OCCO2)C12CC2. The largest absolute Gasteiger partial charge is 0.386 e. The van der Waals surface area contributed by atoms with Gasteiger partial charge in [0.25, 0.3) is 0 Å². The molecule has 0 aromatic carbocycles. The summed E-state index contributed by atoms with van der Waals surface area (Å²) >= 11 is 0. The molecule has 3 aliphatic carbocycles. The average Bonchev–Trinajstić information content (AvgIpc) is 2.85. The van der Waals surface area contributed by atoms with Crippen molar-refractivity contribution in [1.29, 1.82) is 0 Å². The van der Waals surface area contributed by atoms with Gasteiger partial charge >= 0.3 is 0 Å². The Morgan fingerprint density at radius 3 is 2.61 bits per heavy atom. The molecule has 4 rings (SSSR count). The molecule has 1 aliphatic heterocycles. The zero-order chi connectivity index (χ0) is 12.5. The van der Waals surface area contributed by atoms with E-state index in [4.69, 9.17) is 9.47 Å². The summed E-state index contributed by atoms with van der Waals surface area (Å²) in [5.74, 6) is -1.14. The Bertz CT molecular complexity index is 492. The van der Waals surface area contributed by atoms with Crippen LogP contribution in [0, 0.1) is 11.3 Å². The Balaban J connectivity index is 1.93. The number of ether oxygens (including phenoxy) is 2. The van der Waals surface area contributed by atoms with E-state index in [9.17, 15) is 9.90 Å². The molecule has 4 aliphatic rings. The predicted octanol–water partition coefficient (Wildman–Crippen LogP) is 0.956. The van der Waals surface area contributed by atoms with Crippen LogP contribution in [0.3, 0.4) is 0 Å². The fraction of sp³-hybridized carbons (Fsp3) is 0.643. The molecule has 0 radical (unpaired) electrons. The van der Waals surface area contributed by atoms with Crippen LogP contribution in [0.5, 0.6) is 0 Å². The number of aliphatic hydroxyl groups is 1. The van der Waals surface area contributed by atoms with Gasteiger partial charge in [0.15, 0.2) is 5.78 Å². The maximum atomic E-state index is 11.9. The Labute approximate surface area is 105 Å². The number of fused-ring (bicyclic) bond motifs is 2. The van der Waals surface area contributed by atoms with E-state index < -0.39 is 11.9 Å². The lowest BCUT2D eigenvalue weighted by Gasteiger charge is -2.46. The first kappa shape index (κ1) is 10.9. The number of ketones is 1. The molecule has 96 valence electrons. The summed E-state index contributed by atoms with van der Waals surface area (Å²) in [5.41, 5.74) is 1.57. The zero-order valence-electron chi connectivity index (χ0n) is 10.3. The van der Waals surface area contributed by atoms with Gasteiger partial charge in [-0.25, -0.2) is 0 Å². The van der Waals surface area contributed by atoms with E-state index in [1.165, 1.54) is 0 Å². The standard InChI is InChI=1S/C14H16O4/c1-8-11-9(2-3-10(11)15)12(16)14(13(8)4-5-13)17-6-7-18-14/h2-3,9,12,16H,4-7H2,1H3/t9-,12-/m1/s1. The molecule has 1 saturated heterocycles. The highest BCUT2D eigenvalue weighted by molar-refractivity contribution is 6.08. The van der Waals surface area contributed by atoms with Crippen LogP contribution in [0.25, 0.3) is 0 Å². The van der Waals surface area contributed by atoms with Gasteiger partial charge in [-0.3, -0.25) is 4.79 Å². The van der Waals surface area contributed by atoms with Crippen molar-refractivity contribution in [3.05, 3.63) is 23.3 Å². The molecule has 1 N–H and O–H groups in total. The van der Waals surface area contributed by atoms with Gasteiger partial charge in [-0.2, -0.15) is 0 Å². The molecule has 1 saturated carbocycles. The van der Waals surface area contributed by atoms with Crippen molar-refractivity contribution in [3.8, 4) is 0 Å². The van der Waals surface area contributed by atoms with Crippen LogP contribution in [0.4, 0.5) is 0 Å². The molecule has 0 aromatic heterocycles. The van der Waals surface area contributed by atoms with Crippen LogP contribution in [0.1, 0.15) is 19.8 Å². The highest BCUT2D eigenvalue weighted by atomic mass is 16.7. The van der Waals surface area contributed by atoms with Crippen molar-refractivity contribution in [2.75, 3.05) is 13.2 Å². The number of allylic oxidation sites excluding steroid dienone is 1. The maximum Gasteiger partial charge on any atom is 0.205 e. The third-order valence-electron chi connectivity index (χ3n) is 5.04. The van der Waals surface area contributed by atoms with E-state index in [2.05, 4.69) is 0 Å². The number of carbonyl (C=O) groups excluding carboxylic acids is 1. The maximum absolute atomic E-state index is 11.9. The lowest BCUT2D eigenvalue weighted by Crippen LogP contribution is -2.57. The first-order chi connectivity index (χ1) is 8.62. The van der Waals surface area contributed by atoms with Gasteiger partial charge in [-0.1, -0.05) is 11.6 Å². The summed E-state index contributed by atoms with van der Waals surface area (Å²) < 4.78 is 11.7. The van der Waals surface area contributed by atoms with Crippen LogP contribution in [-0.4, -0.2) is 36.0 Å². The molecular formula is C14H16O4. The van der Waals surface area contributed by atoms with E-state index in [1.54, 1.807) is 12.2 Å². The van der Waals surface area contributed by atoms with Gasteiger partial charge in [0.1, 0.15) is 6.10 Å². The molecule has 0 bridgehead atoms. The van der Waals surface area contributed by atoms with Crippen LogP contribution < -0.4 is 0 Å². The third kappa shape index (κ3) is 0.977. The molecule has 2 atom stereocenters. The normalized spacial score (nSPS) is 38.9. The number of aliphatic hydroxyl groups excluding tert-OH is 1. The Hall–Kier alpha value is -0.970. The number of carbonyl (C=O) groups is 1. The summed E-state index contributed by atoms with van der Waals surface area (Å²) in [6.07, 6.45) is 4.44. The van der Waals surface area contributed by atoms with Crippen molar-refractivity contribution in [1.82, 2.24) is 0 Å². The first-order valence-corrected chi connectivity index (χ1v) is 6.52. The molecular weight excluding hydrogens is 232 g/mol. The molecule has 4 nitrogen and oxygen atoms in total. The Morgan fingerprint density at radius 2 is 2.00 bits per heavy atom. The quantitative estimate of drug-likeness (QED) is 0.693. The lowest BCUT2D eigenvalue weighted by molar-refractivity contribution is -0.264. The van der Waals surface area contributed by atoms with Crippen LogP contribution in [0.2, 0.25) is 0 Å². The van der Waals surface area contributed by atoms with Crippen LogP contribution in [0.15, 0.2) is 23.3 Å². The van der Waals surface area contributed by atoms with E-state index in [0.29, 0.717) is 13.2 Å². The topological polar surface area (TPSA) is 55.8 Å². The number of hydrogen-bond donors (Lipinski definition) is 1. The van der Waals surface area contributed by atoms with Crippen molar-refractivity contribution in [3.63, 3.8) is 0 Å². The minimum atomic E-state index is -0.916. The van der Waals surface area contributed by atoms with Gasteiger partial charge in [0.05, 0.1) is 13.2 Å². The summed E-state index contributed by atoms with van der Waals surface area (Å²) in [7, 11) is 0. The highest BCUT2D eigenvalue weighted by Gasteiger charge is 2.71. The summed E-state index contributed by atoms with van der Waals surface area (Å²) in [4.78, 5) is 11.9. The second kappa shape index (κ2) is 3.13. The summed E-state index contributed by atoms with van der Waals surface area (Å²) in [5, 5.41) is 10.7. The van der Waals surface area contributed by atoms with Gasteiger partial charge in [0, 0.05) is 16.9 Å². The minimum Gasteiger partial charge on any atom is -0.386 e. The minimum absolute atomic E-state index is 0.0377. The molecule has 1 heterocycles. The van der Waals surface area contributed by atoms with Gasteiger partial charge in [-0.15, -0.1) is 0 Å². The van der Waals surface area contributed by atoms with Crippen LogP contribution >= 0.6 is 0 Å². The van der Waals surface area contributed by atoms with E-state index in [0.717, 1.165) is 24.0 Å². The van der Waals surface area contributed by atoms with Crippen molar-refractivity contribution in [2.24, 2.45) is 11.3 Å². The van der Waals surface area contributed by atoms with E-state index in [1.807, 2.05) is 6.92 Å². The fourth-order valence-corrected chi connectivity index (χ4v) is 4.00. The van der Waals surface area contributed by atoms with Crippen molar-refractivity contribution in [2.45, 2.75) is 31.7 Å². The van der Waals surface area contributed by atoms with Crippen molar-refractivity contribution < 1.29 is 19.4 Å². The monoisotopic (exact) mass is 248 g/mol. The Morgan fingerprint density at radius 1 is 1.33 bits per heavy atom. The second-order valence-corrected chi connectivity index (χ2v) is 5.68.